The second-order valence-electron chi connectivity index (χ2n) is 8.47. The standard InChI is InChI=1S/C25H33N3O4/c1-5-32-25(31)21-17(3)22(27-18(21)4)24(30)28-13-11-20(12-14-28)16(2)23(29)26-15-19-9-7-6-8-10-19/h6-10,16,20,27H,5,11-15H2,1-4H3,(H,26,29)/t16-/m0/s1. The van der Waals surface area contributed by atoms with E-state index in [1.165, 1.54) is 0 Å². The highest BCUT2D eigenvalue weighted by Gasteiger charge is 2.32. The maximum Gasteiger partial charge on any atom is 0.340 e. The van der Waals surface area contributed by atoms with Crippen LogP contribution in [0.5, 0.6) is 0 Å². The molecule has 1 aromatic carbocycles. The molecule has 1 fully saturated rings. The normalized spacial score (nSPS) is 15.3. The third-order valence-corrected chi connectivity index (χ3v) is 6.39. The number of likely N-dealkylation sites (tertiary alicyclic amines) is 1. The van der Waals surface area contributed by atoms with Gasteiger partial charge < -0.3 is 19.9 Å². The van der Waals surface area contributed by atoms with E-state index in [4.69, 9.17) is 4.74 Å². The Labute approximate surface area is 189 Å². The van der Waals surface area contributed by atoms with Gasteiger partial charge in [-0.3, -0.25) is 9.59 Å². The Kier molecular flexibility index (Phi) is 7.72. The number of amides is 2. The molecule has 172 valence electrons. The van der Waals surface area contributed by atoms with Crippen LogP contribution in [0.25, 0.3) is 0 Å². The van der Waals surface area contributed by atoms with Crippen molar-refractivity contribution < 1.29 is 19.1 Å². The number of nitrogens with zero attached hydrogens (tertiary/aromatic N) is 1. The molecule has 0 bridgehead atoms. The number of benzene rings is 1. The fourth-order valence-electron chi connectivity index (χ4n) is 4.39. The van der Waals surface area contributed by atoms with E-state index < -0.39 is 5.97 Å². The number of nitrogens with one attached hydrogen (secondary N) is 2. The molecule has 7 heteroatoms. The largest absolute Gasteiger partial charge is 0.462 e. The first-order chi connectivity index (χ1) is 15.3. The number of H-pyrrole nitrogens is 1. The summed E-state index contributed by atoms with van der Waals surface area (Å²) in [5.74, 6) is -0.349. The number of aromatic nitrogens is 1. The lowest BCUT2D eigenvalue weighted by atomic mass is 9.84. The molecule has 1 aliphatic heterocycles. The van der Waals surface area contributed by atoms with Crippen LogP contribution in [0.2, 0.25) is 0 Å². The van der Waals surface area contributed by atoms with E-state index in [2.05, 4.69) is 10.3 Å². The molecule has 2 N–H and O–H groups in total. The summed E-state index contributed by atoms with van der Waals surface area (Å²) in [5.41, 5.74) is 3.23. The van der Waals surface area contributed by atoms with Gasteiger partial charge in [0.2, 0.25) is 5.91 Å². The van der Waals surface area contributed by atoms with E-state index in [0.29, 0.717) is 42.1 Å². The number of carbonyl (C=O) groups is 3. The molecular weight excluding hydrogens is 406 g/mol. The lowest BCUT2D eigenvalue weighted by Gasteiger charge is -2.34. The molecule has 1 saturated heterocycles. The molecule has 2 heterocycles. The molecule has 0 saturated carbocycles. The zero-order chi connectivity index (χ0) is 23.3. The molecular formula is C25H33N3O4. The molecule has 2 aromatic rings. The average Bonchev–Trinajstić information content (AvgIpc) is 3.11. The first-order valence-corrected chi connectivity index (χ1v) is 11.3. The smallest absolute Gasteiger partial charge is 0.340 e. The quantitative estimate of drug-likeness (QED) is 0.645. The summed E-state index contributed by atoms with van der Waals surface area (Å²) in [5, 5.41) is 3.02. The molecule has 1 aromatic heterocycles. The number of ether oxygens (including phenoxy) is 1. The van der Waals surface area contributed by atoms with Crippen LogP contribution in [0.15, 0.2) is 30.3 Å². The summed E-state index contributed by atoms with van der Waals surface area (Å²) in [6.45, 7) is 9.26. The summed E-state index contributed by atoms with van der Waals surface area (Å²) in [7, 11) is 0. The number of piperidine rings is 1. The van der Waals surface area contributed by atoms with Crippen LogP contribution >= 0.6 is 0 Å². The van der Waals surface area contributed by atoms with Crippen molar-refractivity contribution in [2.75, 3.05) is 19.7 Å². The Morgan fingerprint density at radius 2 is 1.81 bits per heavy atom. The Morgan fingerprint density at radius 1 is 1.16 bits per heavy atom. The Bertz CT molecular complexity index is 959. The minimum atomic E-state index is -0.410. The highest BCUT2D eigenvalue weighted by molar-refractivity contribution is 6.00. The van der Waals surface area contributed by atoms with Crippen LogP contribution < -0.4 is 5.32 Å². The van der Waals surface area contributed by atoms with Gasteiger partial charge in [-0.2, -0.15) is 0 Å². The van der Waals surface area contributed by atoms with Crippen LogP contribution in [0.1, 0.15) is 64.4 Å². The lowest BCUT2D eigenvalue weighted by molar-refractivity contribution is -0.126. The predicted molar refractivity (Wildman–Crippen MR) is 122 cm³/mol. The SMILES string of the molecule is CCOC(=O)c1c(C)[nH]c(C(=O)N2CCC([C@H](C)C(=O)NCc3ccccc3)CC2)c1C. The van der Waals surface area contributed by atoms with Crippen LogP contribution in [0.3, 0.4) is 0 Å². The van der Waals surface area contributed by atoms with Gasteiger partial charge in [0.05, 0.1) is 12.2 Å². The molecule has 2 amide bonds. The average molecular weight is 440 g/mol. The van der Waals surface area contributed by atoms with Crippen LogP contribution in [0, 0.1) is 25.7 Å². The zero-order valence-electron chi connectivity index (χ0n) is 19.4. The van der Waals surface area contributed by atoms with E-state index in [-0.39, 0.29) is 30.3 Å². The second kappa shape index (κ2) is 10.5. The number of aromatic amines is 1. The van der Waals surface area contributed by atoms with E-state index in [1.54, 1.807) is 25.7 Å². The minimum Gasteiger partial charge on any atom is -0.462 e. The van der Waals surface area contributed by atoms with Crippen molar-refractivity contribution in [3.63, 3.8) is 0 Å². The zero-order valence-corrected chi connectivity index (χ0v) is 19.4. The monoisotopic (exact) mass is 439 g/mol. The lowest BCUT2D eigenvalue weighted by Crippen LogP contribution is -2.42. The fraction of sp³-hybridized carbons (Fsp3) is 0.480. The molecule has 1 atom stereocenters. The number of esters is 1. The number of aryl methyl sites for hydroxylation is 1. The minimum absolute atomic E-state index is 0.0496. The van der Waals surface area contributed by atoms with Crippen molar-refractivity contribution in [2.24, 2.45) is 11.8 Å². The number of hydrogen-bond acceptors (Lipinski definition) is 4. The summed E-state index contributed by atoms with van der Waals surface area (Å²) < 4.78 is 5.12. The van der Waals surface area contributed by atoms with E-state index in [9.17, 15) is 14.4 Å². The Balaban J connectivity index is 1.56. The van der Waals surface area contributed by atoms with Gasteiger partial charge in [-0.15, -0.1) is 0 Å². The van der Waals surface area contributed by atoms with E-state index >= 15 is 0 Å². The van der Waals surface area contributed by atoms with Crippen molar-refractivity contribution in [3.8, 4) is 0 Å². The van der Waals surface area contributed by atoms with Crippen molar-refractivity contribution in [2.45, 2.75) is 47.1 Å². The van der Waals surface area contributed by atoms with E-state index in [0.717, 1.165) is 18.4 Å². The van der Waals surface area contributed by atoms with Gasteiger partial charge in [0.25, 0.3) is 5.91 Å². The van der Waals surface area contributed by atoms with Gasteiger partial charge in [0.15, 0.2) is 0 Å². The van der Waals surface area contributed by atoms with Crippen LogP contribution in [-0.2, 0) is 16.1 Å². The number of rotatable bonds is 7. The predicted octanol–water partition coefficient (Wildman–Crippen LogP) is 3.61. The third kappa shape index (κ3) is 5.21. The first kappa shape index (κ1) is 23.6. The molecule has 3 rings (SSSR count). The van der Waals surface area contributed by atoms with Gasteiger partial charge in [-0.25, -0.2) is 4.79 Å². The Hall–Kier alpha value is -3.09. The molecule has 0 radical (unpaired) electrons. The summed E-state index contributed by atoms with van der Waals surface area (Å²) in [6, 6.07) is 9.86. The maximum absolute atomic E-state index is 13.1. The van der Waals surface area contributed by atoms with Crippen LogP contribution in [-0.4, -0.2) is 47.4 Å². The molecule has 0 unspecified atom stereocenters. The van der Waals surface area contributed by atoms with Gasteiger partial charge in [-0.1, -0.05) is 37.3 Å². The summed E-state index contributed by atoms with van der Waals surface area (Å²) in [6.07, 6.45) is 1.55. The second-order valence-corrected chi connectivity index (χ2v) is 8.47. The van der Waals surface area contributed by atoms with Gasteiger partial charge in [0, 0.05) is 31.2 Å². The van der Waals surface area contributed by atoms with E-state index in [1.807, 2.05) is 37.3 Å². The Morgan fingerprint density at radius 3 is 2.44 bits per heavy atom. The highest BCUT2D eigenvalue weighted by atomic mass is 16.5. The molecule has 1 aliphatic rings. The third-order valence-electron chi connectivity index (χ3n) is 6.39. The molecule has 7 nitrogen and oxygen atoms in total. The summed E-state index contributed by atoms with van der Waals surface area (Å²) in [4.78, 5) is 42.8. The highest BCUT2D eigenvalue weighted by Crippen LogP contribution is 2.27. The molecule has 0 aliphatic carbocycles. The molecule has 0 spiro atoms. The van der Waals surface area contributed by atoms with Crippen molar-refractivity contribution in [3.05, 3.63) is 58.4 Å². The summed E-state index contributed by atoms with van der Waals surface area (Å²) >= 11 is 0. The first-order valence-electron chi connectivity index (χ1n) is 11.3. The molecule has 32 heavy (non-hydrogen) atoms. The number of hydrogen-bond donors (Lipinski definition) is 2. The maximum atomic E-state index is 13.1. The fourth-order valence-corrected chi connectivity index (χ4v) is 4.39. The van der Waals surface area contributed by atoms with Crippen molar-refractivity contribution >= 4 is 17.8 Å². The van der Waals surface area contributed by atoms with Crippen molar-refractivity contribution in [1.29, 1.82) is 0 Å². The van der Waals surface area contributed by atoms with Crippen molar-refractivity contribution in [1.82, 2.24) is 15.2 Å². The van der Waals surface area contributed by atoms with Gasteiger partial charge >= 0.3 is 5.97 Å². The van der Waals surface area contributed by atoms with Gasteiger partial charge in [0.1, 0.15) is 5.69 Å². The number of carbonyl (C=O) groups excluding carboxylic acids is 3. The van der Waals surface area contributed by atoms with Crippen LogP contribution in [0.4, 0.5) is 0 Å². The topological polar surface area (TPSA) is 91.5 Å². The van der Waals surface area contributed by atoms with Gasteiger partial charge in [-0.05, 0) is 50.7 Å².